The van der Waals surface area contributed by atoms with Gasteiger partial charge in [-0.25, -0.2) is 4.68 Å². The molecule has 2 aromatic heterocycles. The molecule has 0 saturated heterocycles. The molecule has 0 unspecified atom stereocenters. The molecule has 8 heteroatoms. The Morgan fingerprint density at radius 2 is 2.19 bits per heavy atom. The van der Waals surface area contributed by atoms with Crippen LogP contribution in [-0.4, -0.2) is 39.7 Å². The van der Waals surface area contributed by atoms with Crippen molar-refractivity contribution >= 4 is 17.3 Å². The monoisotopic (exact) mass is 310 g/mol. The number of nitrogens with two attached hydrogens (primary N) is 1. The van der Waals surface area contributed by atoms with Crippen LogP contribution < -0.4 is 16.2 Å². The summed E-state index contributed by atoms with van der Waals surface area (Å²) in [6, 6.07) is 1.54. The molecule has 2 rings (SSSR count). The van der Waals surface area contributed by atoms with Crippen molar-refractivity contribution in [2.45, 2.75) is 13.5 Å². The zero-order chi connectivity index (χ0) is 15.6. The summed E-state index contributed by atoms with van der Waals surface area (Å²) >= 11 is 6.17. The lowest BCUT2D eigenvalue weighted by molar-refractivity contribution is 0.635. The molecule has 0 saturated carbocycles. The Morgan fingerprint density at radius 1 is 1.48 bits per heavy atom. The lowest BCUT2D eigenvalue weighted by atomic mass is 10.2. The highest BCUT2D eigenvalue weighted by Crippen LogP contribution is 2.19. The Kier molecular flexibility index (Phi) is 4.64. The van der Waals surface area contributed by atoms with Crippen LogP contribution in [0, 0.1) is 6.92 Å². The molecule has 7 nitrogen and oxygen atoms in total. The van der Waals surface area contributed by atoms with Gasteiger partial charge in [0, 0.05) is 38.8 Å². The van der Waals surface area contributed by atoms with Crippen molar-refractivity contribution < 1.29 is 0 Å². The Labute approximate surface area is 127 Å². The predicted molar refractivity (Wildman–Crippen MR) is 82.9 cm³/mol. The maximum absolute atomic E-state index is 12.2. The van der Waals surface area contributed by atoms with E-state index in [-0.39, 0.29) is 5.56 Å². The minimum absolute atomic E-state index is 0.185. The van der Waals surface area contributed by atoms with Gasteiger partial charge in [-0.15, -0.1) is 0 Å². The number of aryl methyl sites for hydroxylation is 2. The summed E-state index contributed by atoms with van der Waals surface area (Å²) in [5.41, 5.74) is 7.66. The molecule has 0 atom stereocenters. The molecule has 0 amide bonds. The van der Waals surface area contributed by atoms with Crippen LogP contribution in [0.15, 0.2) is 17.1 Å². The van der Waals surface area contributed by atoms with Gasteiger partial charge in [0.1, 0.15) is 5.15 Å². The predicted octanol–water partition coefficient (Wildman–Crippen LogP) is 0.382. The van der Waals surface area contributed by atoms with Crippen LogP contribution in [0.3, 0.4) is 0 Å². The number of likely N-dealkylation sites (N-methyl/N-ethyl adjacent to an activating group) is 1. The molecule has 0 aliphatic heterocycles. The third kappa shape index (κ3) is 3.25. The molecule has 0 fully saturated rings. The first-order valence-electron chi connectivity index (χ1n) is 6.60. The number of nitrogens with zero attached hydrogens (tertiary/aromatic N) is 5. The van der Waals surface area contributed by atoms with Crippen LogP contribution in [0.25, 0.3) is 0 Å². The van der Waals surface area contributed by atoms with Crippen molar-refractivity contribution in [3.05, 3.63) is 39.0 Å². The van der Waals surface area contributed by atoms with Crippen LogP contribution in [-0.2, 0) is 13.6 Å². The summed E-state index contributed by atoms with van der Waals surface area (Å²) in [4.78, 5) is 14.0. The Balaban J connectivity index is 2.28. The third-order valence-corrected chi connectivity index (χ3v) is 3.81. The van der Waals surface area contributed by atoms with Gasteiger partial charge in [0.2, 0.25) is 0 Å². The smallest absolute Gasteiger partial charge is 0.269 e. The number of hydrogen-bond acceptors (Lipinski definition) is 5. The fraction of sp³-hybridized carbons (Fsp3) is 0.462. The Hall–Kier alpha value is -1.86. The summed E-state index contributed by atoms with van der Waals surface area (Å²) in [6.07, 6.45) is 1.65. The van der Waals surface area contributed by atoms with Gasteiger partial charge >= 0.3 is 0 Å². The number of anilines is 1. The minimum atomic E-state index is -0.185. The molecule has 2 aromatic rings. The largest absolute Gasteiger partial charge is 0.372 e. The van der Waals surface area contributed by atoms with E-state index in [2.05, 4.69) is 10.2 Å². The van der Waals surface area contributed by atoms with Crippen molar-refractivity contribution in [1.82, 2.24) is 19.6 Å². The summed E-state index contributed by atoms with van der Waals surface area (Å²) in [7, 11) is 3.63. The number of hydrogen-bond donors (Lipinski definition) is 1. The molecule has 21 heavy (non-hydrogen) atoms. The highest BCUT2D eigenvalue weighted by molar-refractivity contribution is 6.30. The highest BCUT2D eigenvalue weighted by atomic mass is 35.5. The van der Waals surface area contributed by atoms with E-state index in [4.69, 9.17) is 17.3 Å². The number of aromatic nitrogens is 4. The van der Waals surface area contributed by atoms with Gasteiger partial charge < -0.3 is 10.6 Å². The molecule has 114 valence electrons. The van der Waals surface area contributed by atoms with Gasteiger partial charge in [0.25, 0.3) is 5.56 Å². The van der Waals surface area contributed by atoms with Gasteiger partial charge in [-0.2, -0.15) is 10.2 Å². The maximum atomic E-state index is 12.2. The zero-order valence-electron chi connectivity index (χ0n) is 12.4. The third-order valence-electron chi connectivity index (χ3n) is 3.34. The quantitative estimate of drug-likeness (QED) is 0.863. The first kappa shape index (κ1) is 15.5. The number of halogens is 1. The average molecular weight is 311 g/mol. The minimum Gasteiger partial charge on any atom is -0.372 e. The molecule has 0 spiro atoms. The Bertz CT molecular complexity index is 692. The van der Waals surface area contributed by atoms with Crippen LogP contribution in [0.1, 0.15) is 11.3 Å². The fourth-order valence-electron chi connectivity index (χ4n) is 2.08. The normalized spacial score (nSPS) is 10.9. The van der Waals surface area contributed by atoms with Gasteiger partial charge in [0.15, 0.2) is 0 Å². The molecule has 0 aromatic carbocycles. The van der Waals surface area contributed by atoms with E-state index in [1.54, 1.807) is 24.0 Å². The first-order chi connectivity index (χ1) is 9.93. The van der Waals surface area contributed by atoms with Crippen molar-refractivity contribution in [3.63, 3.8) is 0 Å². The van der Waals surface area contributed by atoms with E-state index >= 15 is 0 Å². The lowest BCUT2D eigenvalue weighted by Gasteiger charge is -2.17. The van der Waals surface area contributed by atoms with E-state index in [1.165, 1.54) is 4.68 Å². The molecule has 0 radical (unpaired) electrons. The summed E-state index contributed by atoms with van der Waals surface area (Å²) < 4.78 is 2.95. The second kappa shape index (κ2) is 6.28. The summed E-state index contributed by atoms with van der Waals surface area (Å²) in [5.74, 6) is 0. The van der Waals surface area contributed by atoms with Crippen molar-refractivity contribution in [2.75, 3.05) is 25.0 Å². The molecular formula is C13H19ClN6O. The van der Waals surface area contributed by atoms with E-state index < -0.39 is 0 Å². The van der Waals surface area contributed by atoms with Gasteiger partial charge in [-0.1, -0.05) is 11.6 Å². The van der Waals surface area contributed by atoms with Crippen LogP contribution in [0.2, 0.25) is 5.15 Å². The van der Waals surface area contributed by atoms with E-state index in [9.17, 15) is 4.79 Å². The highest BCUT2D eigenvalue weighted by Gasteiger charge is 2.13. The van der Waals surface area contributed by atoms with Crippen LogP contribution in [0.4, 0.5) is 5.69 Å². The topological polar surface area (TPSA) is 82.0 Å². The summed E-state index contributed by atoms with van der Waals surface area (Å²) in [6.45, 7) is 3.34. The van der Waals surface area contributed by atoms with E-state index in [1.807, 2.05) is 18.9 Å². The van der Waals surface area contributed by atoms with Gasteiger partial charge in [0.05, 0.1) is 24.1 Å². The molecule has 0 aliphatic carbocycles. The lowest BCUT2D eigenvalue weighted by Crippen LogP contribution is -2.29. The second-order valence-electron chi connectivity index (χ2n) is 4.90. The maximum Gasteiger partial charge on any atom is 0.269 e. The van der Waals surface area contributed by atoms with Crippen LogP contribution in [0.5, 0.6) is 0 Å². The van der Waals surface area contributed by atoms with Crippen LogP contribution >= 0.6 is 11.6 Å². The Morgan fingerprint density at radius 3 is 2.71 bits per heavy atom. The fourth-order valence-corrected chi connectivity index (χ4v) is 2.31. The molecule has 2 N–H and O–H groups in total. The first-order valence-corrected chi connectivity index (χ1v) is 6.98. The van der Waals surface area contributed by atoms with Gasteiger partial charge in [-0.3, -0.25) is 9.48 Å². The SMILES string of the molecule is Cc1nn(C)c(Cl)c1Cn1ncc(N(C)CCN)cc1=O. The van der Waals surface area contributed by atoms with Crippen molar-refractivity contribution in [3.8, 4) is 0 Å². The standard InChI is InChI=1S/C13H19ClN6O/c1-9-11(13(14)19(3)17-9)8-20-12(21)6-10(7-16-20)18(2)5-4-15/h6-7H,4-5,8,15H2,1-3H3. The second-order valence-corrected chi connectivity index (χ2v) is 5.26. The van der Waals surface area contributed by atoms with Crippen molar-refractivity contribution in [2.24, 2.45) is 12.8 Å². The summed E-state index contributed by atoms with van der Waals surface area (Å²) in [5, 5.41) is 8.94. The molecule has 0 aliphatic rings. The van der Waals surface area contributed by atoms with Gasteiger partial charge in [-0.05, 0) is 6.92 Å². The molecule has 2 heterocycles. The van der Waals surface area contributed by atoms with E-state index in [0.717, 1.165) is 16.9 Å². The number of rotatable bonds is 5. The molecule has 0 bridgehead atoms. The van der Waals surface area contributed by atoms with Crippen molar-refractivity contribution in [1.29, 1.82) is 0 Å². The zero-order valence-corrected chi connectivity index (χ0v) is 13.1. The average Bonchev–Trinajstić information content (AvgIpc) is 2.67. The van der Waals surface area contributed by atoms with E-state index in [0.29, 0.717) is 24.8 Å². The molecular weight excluding hydrogens is 292 g/mol.